The quantitative estimate of drug-likeness (QED) is 0.402. The van der Waals surface area contributed by atoms with Crippen molar-refractivity contribution in [1.29, 1.82) is 0 Å². The lowest BCUT2D eigenvalue weighted by atomic mass is 10.1. The van der Waals surface area contributed by atoms with Crippen LogP contribution in [0.5, 0.6) is 0 Å². The number of halogens is 3. The molecule has 2 aromatic rings. The van der Waals surface area contributed by atoms with Gasteiger partial charge in [-0.2, -0.15) is 0 Å². The smallest absolute Gasteiger partial charge is 0.242 e. The van der Waals surface area contributed by atoms with Gasteiger partial charge in [0, 0.05) is 41.7 Å². The van der Waals surface area contributed by atoms with Crippen LogP contribution >= 0.6 is 23.2 Å². The SMILES string of the molecule is CC(C)CNC(=O)[C@@H](C)N(Cc1c(Cl)cccc1Cl)C(=O)CCCN(c1ccc(F)cc1)S(C)(=O)=O. The number of carbonyl (C=O) groups is 2. The third kappa shape index (κ3) is 8.64. The zero-order chi connectivity index (χ0) is 27.0. The number of nitrogens with one attached hydrogen (secondary N) is 1. The summed E-state index contributed by atoms with van der Waals surface area (Å²) in [5, 5.41) is 3.58. The summed E-state index contributed by atoms with van der Waals surface area (Å²) in [6.07, 6.45) is 1.19. The molecule has 0 saturated carbocycles. The Morgan fingerprint density at radius 2 is 1.61 bits per heavy atom. The lowest BCUT2D eigenvalue weighted by Gasteiger charge is -2.30. The minimum Gasteiger partial charge on any atom is -0.354 e. The Labute approximate surface area is 222 Å². The molecule has 0 heterocycles. The molecule has 0 aliphatic carbocycles. The van der Waals surface area contributed by atoms with Crippen LogP contribution in [0, 0.1) is 11.7 Å². The summed E-state index contributed by atoms with van der Waals surface area (Å²) in [5.41, 5.74) is 0.814. The number of carbonyl (C=O) groups excluding carboxylic acids is 2. The number of amides is 2. The van der Waals surface area contributed by atoms with Crippen molar-refractivity contribution in [3.05, 3.63) is 63.9 Å². The van der Waals surface area contributed by atoms with Crippen molar-refractivity contribution in [2.24, 2.45) is 5.92 Å². The Balaban J connectivity index is 2.21. The third-order valence-corrected chi connectivity index (χ3v) is 7.41. The summed E-state index contributed by atoms with van der Waals surface area (Å²) in [6, 6.07) is 9.26. The number of hydrogen-bond acceptors (Lipinski definition) is 4. The second kappa shape index (κ2) is 13.3. The first-order valence-corrected chi connectivity index (χ1v) is 14.1. The monoisotopic (exact) mass is 559 g/mol. The van der Waals surface area contributed by atoms with Gasteiger partial charge in [0.15, 0.2) is 0 Å². The molecule has 0 fully saturated rings. The fourth-order valence-corrected chi connectivity index (χ4v) is 4.98. The van der Waals surface area contributed by atoms with Crippen LogP contribution in [0.25, 0.3) is 0 Å². The molecule has 1 atom stereocenters. The number of hydrogen-bond donors (Lipinski definition) is 1. The summed E-state index contributed by atoms with van der Waals surface area (Å²) >= 11 is 12.6. The van der Waals surface area contributed by atoms with E-state index in [0.717, 1.165) is 10.6 Å². The van der Waals surface area contributed by atoms with E-state index in [2.05, 4.69) is 5.32 Å². The predicted molar refractivity (Wildman–Crippen MR) is 142 cm³/mol. The van der Waals surface area contributed by atoms with Crippen LogP contribution in [0.1, 0.15) is 39.2 Å². The number of anilines is 1. The van der Waals surface area contributed by atoms with Gasteiger partial charge in [-0.25, -0.2) is 12.8 Å². The Bertz CT molecular complexity index is 1140. The highest BCUT2D eigenvalue weighted by atomic mass is 35.5. The molecule has 0 unspecified atom stereocenters. The van der Waals surface area contributed by atoms with Crippen LogP contribution in [0.15, 0.2) is 42.5 Å². The summed E-state index contributed by atoms with van der Waals surface area (Å²) < 4.78 is 39.1. The van der Waals surface area contributed by atoms with Crippen molar-refractivity contribution in [1.82, 2.24) is 10.2 Å². The van der Waals surface area contributed by atoms with Gasteiger partial charge in [0.05, 0.1) is 11.9 Å². The molecule has 2 amide bonds. The van der Waals surface area contributed by atoms with E-state index in [1.165, 1.54) is 29.2 Å². The van der Waals surface area contributed by atoms with E-state index >= 15 is 0 Å². The van der Waals surface area contributed by atoms with E-state index in [9.17, 15) is 22.4 Å². The highest BCUT2D eigenvalue weighted by Gasteiger charge is 2.28. The van der Waals surface area contributed by atoms with Gasteiger partial charge < -0.3 is 10.2 Å². The average Bonchev–Trinajstić information content (AvgIpc) is 2.79. The first kappa shape index (κ1) is 29.9. The molecule has 2 aromatic carbocycles. The predicted octanol–water partition coefficient (Wildman–Crippen LogP) is 4.87. The molecule has 2 rings (SSSR count). The minimum atomic E-state index is -3.67. The number of benzene rings is 2. The topological polar surface area (TPSA) is 86.8 Å². The summed E-state index contributed by atoms with van der Waals surface area (Å²) in [5.74, 6) is -0.923. The first-order valence-electron chi connectivity index (χ1n) is 11.5. The van der Waals surface area contributed by atoms with E-state index in [1.54, 1.807) is 25.1 Å². The maximum absolute atomic E-state index is 13.3. The molecular formula is C25H32Cl2FN3O4S. The zero-order valence-corrected chi connectivity index (χ0v) is 23.1. The van der Waals surface area contributed by atoms with Crippen LogP contribution in [-0.4, -0.2) is 50.5 Å². The van der Waals surface area contributed by atoms with Crippen molar-refractivity contribution in [2.75, 3.05) is 23.7 Å². The Hall–Kier alpha value is -2.36. The molecule has 0 saturated heterocycles. The molecule has 0 radical (unpaired) electrons. The Kier molecular flexibility index (Phi) is 11.0. The Morgan fingerprint density at radius 3 is 2.14 bits per heavy atom. The van der Waals surface area contributed by atoms with Crippen LogP contribution in [0.4, 0.5) is 10.1 Å². The number of nitrogens with zero attached hydrogens (tertiary/aromatic N) is 2. The molecule has 0 aliphatic rings. The minimum absolute atomic E-state index is 0.00478. The lowest BCUT2D eigenvalue weighted by molar-refractivity contribution is -0.140. The van der Waals surface area contributed by atoms with Gasteiger partial charge >= 0.3 is 0 Å². The molecule has 0 aliphatic heterocycles. The number of sulfonamides is 1. The standard InChI is InChI=1S/C25H32Cl2FN3O4S/c1-17(2)15-29-25(33)18(3)30(16-21-22(26)7-5-8-23(21)27)24(32)9-6-14-31(36(4,34)35)20-12-10-19(28)11-13-20/h5,7-8,10-13,17-18H,6,9,14-16H2,1-4H3,(H,29,33)/t18-/m1/s1. The molecule has 0 spiro atoms. The van der Waals surface area contributed by atoms with E-state index in [-0.39, 0.29) is 43.7 Å². The maximum Gasteiger partial charge on any atom is 0.242 e. The van der Waals surface area contributed by atoms with E-state index in [0.29, 0.717) is 27.8 Å². The van der Waals surface area contributed by atoms with Crippen LogP contribution in [0.2, 0.25) is 10.0 Å². The van der Waals surface area contributed by atoms with Gasteiger partial charge in [0.2, 0.25) is 21.8 Å². The molecule has 7 nitrogen and oxygen atoms in total. The normalized spacial score (nSPS) is 12.3. The van der Waals surface area contributed by atoms with Crippen molar-refractivity contribution in [3.8, 4) is 0 Å². The van der Waals surface area contributed by atoms with E-state index in [1.807, 2.05) is 13.8 Å². The summed E-state index contributed by atoms with van der Waals surface area (Å²) in [6.45, 7) is 6.03. The highest BCUT2D eigenvalue weighted by Crippen LogP contribution is 2.27. The fraction of sp³-hybridized carbons (Fsp3) is 0.440. The van der Waals surface area contributed by atoms with Gasteiger partial charge in [-0.3, -0.25) is 13.9 Å². The molecule has 0 aromatic heterocycles. The van der Waals surface area contributed by atoms with Gasteiger partial charge in [0.1, 0.15) is 11.9 Å². The zero-order valence-electron chi connectivity index (χ0n) is 20.8. The highest BCUT2D eigenvalue weighted by molar-refractivity contribution is 7.92. The second-order valence-corrected chi connectivity index (χ2v) is 11.7. The van der Waals surface area contributed by atoms with E-state index in [4.69, 9.17) is 23.2 Å². The summed E-state index contributed by atoms with van der Waals surface area (Å²) in [4.78, 5) is 27.5. The van der Waals surface area contributed by atoms with Crippen molar-refractivity contribution in [2.45, 2.75) is 46.2 Å². The fourth-order valence-electron chi connectivity index (χ4n) is 3.50. The van der Waals surface area contributed by atoms with Crippen molar-refractivity contribution >= 4 is 50.7 Å². The van der Waals surface area contributed by atoms with Crippen LogP contribution < -0.4 is 9.62 Å². The molecule has 36 heavy (non-hydrogen) atoms. The average molecular weight is 561 g/mol. The van der Waals surface area contributed by atoms with Crippen molar-refractivity contribution < 1.29 is 22.4 Å². The van der Waals surface area contributed by atoms with Crippen LogP contribution in [-0.2, 0) is 26.2 Å². The van der Waals surface area contributed by atoms with Gasteiger partial charge in [-0.1, -0.05) is 43.1 Å². The molecule has 198 valence electrons. The van der Waals surface area contributed by atoms with Gasteiger partial charge in [0.25, 0.3) is 0 Å². The molecule has 1 N–H and O–H groups in total. The second-order valence-electron chi connectivity index (χ2n) is 8.95. The van der Waals surface area contributed by atoms with Crippen LogP contribution in [0.3, 0.4) is 0 Å². The van der Waals surface area contributed by atoms with E-state index < -0.39 is 21.9 Å². The maximum atomic E-state index is 13.3. The number of rotatable bonds is 12. The lowest BCUT2D eigenvalue weighted by Crippen LogP contribution is -2.48. The largest absolute Gasteiger partial charge is 0.354 e. The third-order valence-electron chi connectivity index (χ3n) is 5.51. The Morgan fingerprint density at radius 1 is 1.03 bits per heavy atom. The van der Waals surface area contributed by atoms with Crippen molar-refractivity contribution in [3.63, 3.8) is 0 Å². The first-order chi connectivity index (χ1) is 16.8. The molecular weight excluding hydrogens is 528 g/mol. The molecule has 0 bridgehead atoms. The summed E-state index contributed by atoms with van der Waals surface area (Å²) in [7, 11) is -3.67. The van der Waals surface area contributed by atoms with Gasteiger partial charge in [-0.05, 0) is 55.7 Å². The molecule has 11 heteroatoms. The van der Waals surface area contributed by atoms with Gasteiger partial charge in [-0.15, -0.1) is 0 Å².